The van der Waals surface area contributed by atoms with Gasteiger partial charge in [-0.15, -0.1) is 0 Å². The van der Waals surface area contributed by atoms with Crippen LogP contribution < -0.4 is 5.73 Å². The molecule has 98 valence electrons. The summed E-state index contributed by atoms with van der Waals surface area (Å²) in [5.41, 5.74) is 4.68. The molecule has 0 fully saturated rings. The van der Waals surface area contributed by atoms with Gasteiger partial charge < -0.3 is 5.73 Å². The minimum absolute atomic E-state index is 0.391. The van der Waals surface area contributed by atoms with Gasteiger partial charge in [-0.3, -0.25) is 13.9 Å². The van der Waals surface area contributed by atoms with Gasteiger partial charge in [-0.2, -0.15) is 16.8 Å². The van der Waals surface area contributed by atoms with Crippen LogP contribution in [0.25, 0.3) is 0 Å². The molecular weight excluding hydrogens is 262 g/mol. The highest BCUT2D eigenvalue weighted by Crippen LogP contribution is 1.62. The molecule has 0 radical (unpaired) electrons. The Hall–Kier alpha value is -0.970. The van der Waals surface area contributed by atoms with Gasteiger partial charge in [-0.1, -0.05) is 6.08 Å². The molecule has 0 heterocycles. The molecule has 1 amide bonds. The van der Waals surface area contributed by atoms with Crippen molar-refractivity contribution >= 4 is 26.1 Å². The summed E-state index contributed by atoms with van der Waals surface area (Å²) in [6.07, 6.45) is 4.34. The summed E-state index contributed by atoms with van der Waals surface area (Å²) < 4.78 is 51.7. The van der Waals surface area contributed by atoms with Gasteiger partial charge in [0.2, 0.25) is 5.91 Å². The van der Waals surface area contributed by atoms with Crippen LogP contribution in [0.5, 0.6) is 0 Å². The third-order valence-corrected chi connectivity index (χ3v) is 0.331. The number of nitrogens with two attached hydrogens (primary N) is 1. The maximum absolute atomic E-state index is 9.73. The molecule has 8 nitrogen and oxygen atoms in total. The highest BCUT2D eigenvalue weighted by molar-refractivity contribution is 7.85. The van der Waals surface area contributed by atoms with E-state index in [1.54, 1.807) is 13.0 Å². The first-order valence-corrected chi connectivity index (χ1v) is 7.24. The molecule has 0 rings (SSSR count). The summed E-state index contributed by atoms with van der Waals surface area (Å²) in [4.78, 5) is 9.73. The van der Waals surface area contributed by atoms with Crippen molar-refractivity contribution < 1.29 is 30.7 Å². The summed E-state index contributed by atoms with van der Waals surface area (Å²) in [6.45, 7) is 1.74. The van der Waals surface area contributed by atoms with Crippen molar-refractivity contribution in [3.8, 4) is 0 Å². The monoisotopic (exact) mass is 277 g/mol. The lowest BCUT2D eigenvalue weighted by Crippen LogP contribution is -2.04. The first-order chi connectivity index (χ1) is 6.77. The molecule has 0 aliphatic carbocycles. The van der Waals surface area contributed by atoms with E-state index in [9.17, 15) is 21.6 Å². The SMILES string of the molecule is CC=CC(N)=O.CS(=O)(=O)O.CS(=O)(=O)O. The molecule has 0 aliphatic rings. The lowest BCUT2D eigenvalue weighted by atomic mass is 10.5. The zero-order valence-corrected chi connectivity index (χ0v) is 10.6. The van der Waals surface area contributed by atoms with Crippen molar-refractivity contribution in [3.63, 3.8) is 0 Å². The molecule has 10 heteroatoms. The number of amides is 1. The molecule has 16 heavy (non-hydrogen) atoms. The second kappa shape index (κ2) is 9.27. The van der Waals surface area contributed by atoms with Crippen molar-refractivity contribution in [2.45, 2.75) is 6.92 Å². The molecule has 4 N–H and O–H groups in total. The Balaban J connectivity index is -0.000000160. The minimum atomic E-state index is -3.67. The van der Waals surface area contributed by atoms with Crippen LogP contribution in [-0.4, -0.2) is 44.4 Å². The Bertz CT molecular complexity index is 360. The van der Waals surface area contributed by atoms with E-state index in [0.717, 1.165) is 0 Å². The summed E-state index contributed by atoms with van der Waals surface area (Å²) in [7, 11) is -7.33. The van der Waals surface area contributed by atoms with E-state index in [-0.39, 0.29) is 0 Å². The molecule has 0 atom stereocenters. The Morgan fingerprint density at radius 3 is 1.25 bits per heavy atom. The van der Waals surface area contributed by atoms with Gasteiger partial charge in [0, 0.05) is 0 Å². The average Bonchev–Trinajstić information content (AvgIpc) is 1.76. The third-order valence-electron chi connectivity index (χ3n) is 0.331. The first kappa shape index (κ1) is 20.4. The third kappa shape index (κ3) is 458. The number of hydrogen-bond donors (Lipinski definition) is 3. The number of carbonyl (C=O) groups excluding carboxylic acids is 1. The van der Waals surface area contributed by atoms with Gasteiger partial charge in [0.05, 0.1) is 12.5 Å². The topological polar surface area (TPSA) is 152 Å². The minimum Gasteiger partial charge on any atom is -0.366 e. The zero-order chi connectivity index (χ0) is 14.0. The van der Waals surface area contributed by atoms with Crippen LogP contribution in [0.15, 0.2) is 12.2 Å². The second-order valence-corrected chi connectivity index (χ2v) is 5.30. The molecular formula is C6H15NO7S2. The quantitative estimate of drug-likeness (QED) is 0.413. The van der Waals surface area contributed by atoms with Crippen LogP contribution >= 0.6 is 0 Å². The van der Waals surface area contributed by atoms with E-state index in [2.05, 4.69) is 5.73 Å². The highest BCUT2D eigenvalue weighted by Gasteiger charge is 1.82. The van der Waals surface area contributed by atoms with Gasteiger partial charge >= 0.3 is 0 Å². The summed E-state index contributed by atoms with van der Waals surface area (Å²) in [6, 6.07) is 0. The van der Waals surface area contributed by atoms with Crippen LogP contribution in [0.2, 0.25) is 0 Å². The predicted molar refractivity (Wildman–Crippen MR) is 59.0 cm³/mol. The van der Waals surface area contributed by atoms with Crippen LogP contribution in [-0.2, 0) is 25.0 Å². The molecule has 0 unspecified atom stereocenters. The fourth-order valence-electron chi connectivity index (χ4n) is 0.164. The normalized spacial score (nSPS) is 10.8. The lowest BCUT2D eigenvalue weighted by Gasteiger charge is -1.70. The molecule has 0 bridgehead atoms. The number of carbonyl (C=O) groups is 1. The second-order valence-electron chi connectivity index (χ2n) is 2.37. The van der Waals surface area contributed by atoms with Crippen molar-refractivity contribution in [2.75, 3.05) is 12.5 Å². The van der Waals surface area contributed by atoms with Gasteiger partial charge in [0.15, 0.2) is 0 Å². The maximum Gasteiger partial charge on any atom is 0.261 e. The van der Waals surface area contributed by atoms with E-state index in [1.165, 1.54) is 6.08 Å². The van der Waals surface area contributed by atoms with E-state index in [0.29, 0.717) is 12.5 Å². The smallest absolute Gasteiger partial charge is 0.261 e. The Morgan fingerprint density at radius 1 is 1.06 bits per heavy atom. The molecule has 0 saturated heterocycles. The number of rotatable bonds is 1. The number of hydrogen-bond acceptors (Lipinski definition) is 5. The summed E-state index contributed by atoms with van der Waals surface area (Å²) >= 11 is 0. The van der Waals surface area contributed by atoms with Crippen LogP contribution in [0.4, 0.5) is 0 Å². The van der Waals surface area contributed by atoms with E-state index < -0.39 is 26.1 Å². The average molecular weight is 277 g/mol. The first-order valence-electron chi connectivity index (χ1n) is 3.54. The van der Waals surface area contributed by atoms with E-state index in [1.807, 2.05) is 0 Å². The van der Waals surface area contributed by atoms with Crippen molar-refractivity contribution in [1.82, 2.24) is 0 Å². The Labute approximate surface area is 94.6 Å². The van der Waals surface area contributed by atoms with Gasteiger partial charge in [-0.05, 0) is 13.0 Å². The van der Waals surface area contributed by atoms with E-state index in [4.69, 9.17) is 9.11 Å². The Morgan fingerprint density at radius 2 is 1.25 bits per heavy atom. The van der Waals surface area contributed by atoms with Crippen molar-refractivity contribution in [3.05, 3.63) is 12.2 Å². The predicted octanol–water partition coefficient (Wildman–Crippen LogP) is -0.944. The molecule has 0 spiro atoms. The standard InChI is InChI=1S/C4H7NO.2CH4O3S/c1-2-3-4(5)6;2*1-5(2,3)4/h2-3H,1H3,(H2,5,6);2*1H3,(H,2,3,4). The van der Waals surface area contributed by atoms with Gasteiger partial charge in [0.1, 0.15) is 0 Å². The van der Waals surface area contributed by atoms with E-state index >= 15 is 0 Å². The Kier molecular flexibility index (Phi) is 11.8. The largest absolute Gasteiger partial charge is 0.366 e. The van der Waals surface area contributed by atoms with Gasteiger partial charge in [0.25, 0.3) is 20.2 Å². The fraction of sp³-hybridized carbons (Fsp3) is 0.500. The lowest BCUT2D eigenvalue weighted by molar-refractivity contribution is -0.113. The van der Waals surface area contributed by atoms with Crippen LogP contribution in [0, 0.1) is 0 Å². The molecule has 0 aromatic carbocycles. The summed E-state index contributed by atoms with van der Waals surface area (Å²) in [5.74, 6) is -0.391. The fourth-order valence-corrected chi connectivity index (χ4v) is 0.164. The zero-order valence-electron chi connectivity index (χ0n) is 8.98. The molecule has 0 aliphatic heterocycles. The van der Waals surface area contributed by atoms with Crippen LogP contribution in [0.3, 0.4) is 0 Å². The van der Waals surface area contributed by atoms with Gasteiger partial charge in [-0.25, -0.2) is 0 Å². The van der Waals surface area contributed by atoms with Crippen molar-refractivity contribution in [1.29, 1.82) is 0 Å². The summed E-state index contributed by atoms with van der Waals surface area (Å²) in [5, 5.41) is 0. The molecule has 0 aromatic heterocycles. The van der Waals surface area contributed by atoms with Crippen molar-refractivity contribution in [2.24, 2.45) is 5.73 Å². The molecule has 0 aromatic rings. The van der Waals surface area contributed by atoms with Crippen LogP contribution in [0.1, 0.15) is 6.92 Å². The molecule has 0 saturated carbocycles. The number of allylic oxidation sites excluding steroid dienone is 1. The maximum atomic E-state index is 9.73. The highest BCUT2D eigenvalue weighted by atomic mass is 32.2. The number of primary amides is 1.